The molecule has 14 heavy (non-hydrogen) atoms. The molecule has 0 unspecified atom stereocenters. The molecule has 1 heterocycles. The lowest BCUT2D eigenvalue weighted by Crippen LogP contribution is -2.05. The molecule has 1 aromatic rings. The van der Waals surface area contributed by atoms with Gasteiger partial charge in [0.1, 0.15) is 12.9 Å². The fourth-order valence-electron chi connectivity index (χ4n) is 0.790. The van der Waals surface area contributed by atoms with Crippen molar-refractivity contribution >= 4 is 11.5 Å². The second-order valence-electron chi connectivity index (χ2n) is 2.27. The molecule has 1 rings (SSSR count). The number of nitrogens with zero attached hydrogens (tertiary/aromatic N) is 3. The van der Waals surface area contributed by atoms with Crippen molar-refractivity contribution in [1.29, 1.82) is 0 Å². The standard InChI is InChI=1S/C7H8N4O3/c1-2-3-14-7-5(11(12)13)6(8)9-4-10-7/h2,4H,1,3H2,(H2,8,9,10). The van der Waals surface area contributed by atoms with Crippen LogP contribution in [0.1, 0.15) is 0 Å². The van der Waals surface area contributed by atoms with Crippen LogP contribution >= 0.6 is 0 Å². The predicted molar refractivity (Wildman–Crippen MR) is 48.8 cm³/mol. The zero-order valence-electron chi connectivity index (χ0n) is 7.21. The molecule has 0 saturated heterocycles. The van der Waals surface area contributed by atoms with Crippen LogP contribution < -0.4 is 10.5 Å². The molecule has 0 aliphatic rings. The Labute approximate surface area is 79.4 Å². The Morgan fingerprint density at radius 2 is 2.43 bits per heavy atom. The summed E-state index contributed by atoms with van der Waals surface area (Å²) >= 11 is 0. The van der Waals surface area contributed by atoms with Gasteiger partial charge in [-0.1, -0.05) is 12.7 Å². The van der Waals surface area contributed by atoms with Gasteiger partial charge in [-0.25, -0.2) is 4.98 Å². The first kappa shape index (κ1) is 9.90. The summed E-state index contributed by atoms with van der Waals surface area (Å²) in [6, 6.07) is 0. The van der Waals surface area contributed by atoms with Gasteiger partial charge in [0.15, 0.2) is 0 Å². The predicted octanol–water partition coefficient (Wildman–Crippen LogP) is 0.532. The molecule has 0 aliphatic carbocycles. The molecule has 0 aliphatic heterocycles. The molecule has 0 atom stereocenters. The summed E-state index contributed by atoms with van der Waals surface area (Å²) in [7, 11) is 0. The topological polar surface area (TPSA) is 104 Å². The van der Waals surface area contributed by atoms with E-state index in [1.54, 1.807) is 0 Å². The van der Waals surface area contributed by atoms with Gasteiger partial charge in [0.2, 0.25) is 5.82 Å². The van der Waals surface area contributed by atoms with Crippen LogP contribution in [0.2, 0.25) is 0 Å². The van der Waals surface area contributed by atoms with Crippen LogP contribution in [-0.2, 0) is 0 Å². The van der Waals surface area contributed by atoms with Crippen molar-refractivity contribution in [3.8, 4) is 5.88 Å². The van der Waals surface area contributed by atoms with Gasteiger partial charge in [0, 0.05) is 0 Å². The molecule has 7 nitrogen and oxygen atoms in total. The summed E-state index contributed by atoms with van der Waals surface area (Å²) in [5.74, 6) is -0.369. The molecule has 0 aromatic carbocycles. The second-order valence-corrected chi connectivity index (χ2v) is 2.27. The molecule has 0 saturated carbocycles. The Kier molecular flexibility index (Phi) is 2.95. The van der Waals surface area contributed by atoms with Crippen LogP contribution in [0, 0.1) is 10.1 Å². The van der Waals surface area contributed by atoms with Crippen LogP contribution in [0.25, 0.3) is 0 Å². The van der Waals surface area contributed by atoms with Gasteiger partial charge in [0.05, 0.1) is 4.92 Å². The highest BCUT2D eigenvalue weighted by molar-refractivity contribution is 5.57. The van der Waals surface area contributed by atoms with Gasteiger partial charge in [0.25, 0.3) is 5.88 Å². The summed E-state index contributed by atoms with van der Waals surface area (Å²) in [6.07, 6.45) is 2.54. The molecule has 0 fully saturated rings. The monoisotopic (exact) mass is 196 g/mol. The first-order chi connectivity index (χ1) is 6.66. The zero-order chi connectivity index (χ0) is 10.6. The Bertz CT molecular complexity index is 366. The van der Waals surface area contributed by atoms with E-state index in [1.165, 1.54) is 6.08 Å². The largest absolute Gasteiger partial charge is 0.468 e. The van der Waals surface area contributed by atoms with Crippen molar-refractivity contribution < 1.29 is 9.66 Å². The van der Waals surface area contributed by atoms with E-state index in [9.17, 15) is 10.1 Å². The highest BCUT2D eigenvalue weighted by Crippen LogP contribution is 2.28. The SMILES string of the molecule is C=CCOc1ncnc(N)c1[N+](=O)[O-]. The van der Waals surface area contributed by atoms with Gasteiger partial charge in [-0.2, -0.15) is 4.98 Å². The number of anilines is 1. The smallest absolute Gasteiger partial charge is 0.372 e. The van der Waals surface area contributed by atoms with Crippen molar-refractivity contribution in [2.75, 3.05) is 12.3 Å². The first-order valence-electron chi connectivity index (χ1n) is 3.65. The lowest BCUT2D eigenvalue weighted by molar-refractivity contribution is -0.385. The lowest BCUT2D eigenvalue weighted by atomic mass is 10.4. The molecule has 0 bridgehead atoms. The van der Waals surface area contributed by atoms with Gasteiger partial charge in [-0.3, -0.25) is 10.1 Å². The molecule has 0 spiro atoms. The van der Waals surface area contributed by atoms with Gasteiger partial charge in [-0.15, -0.1) is 0 Å². The van der Waals surface area contributed by atoms with E-state index in [0.717, 1.165) is 6.33 Å². The van der Waals surface area contributed by atoms with Crippen molar-refractivity contribution in [2.24, 2.45) is 0 Å². The highest BCUT2D eigenvalue weighted by Gasteiger charge is 2.21. The van der Waals surface area contributed by atoms with E-state index in [1.807, 2.05) is 0 Å². The van der Waals surface area contributed by atoms with Crippen molar-refractivity contribution in [1.82, 2.24) is 9.97 Å². The minimum Gasteiger partial charge on any atom is -0.468 e. The zero-order valence-corrected chi connectivity index (χ0v) is 7.21. The number of nitrogen functional groups attached to an aromatic ring is 1. The van der Waals surface area contributed by atoms with Crippen molar-refractivity contribution in [3.63, 3.8) is 0 Å². The van der Waals surface area contributed by atoms with Crippen LogP contribution in [-0.4, -0.2) is 21.5 Å². The van der Waals surface area contributed by atoms with Crippen LogP contribution in [0.4, 0.5) is 11.5 Å². The number of rotatable bonds is 4. The Hall–Kier alpha value is -2.18. The van der Waals surface area contributed by atoms with E-state index in [0.29, 0.717) is 0 Å². The van der Waals surface area contributed by atoms with Gasteiger partial charge in [-0.05, 0) is 0 Å². The maximum absolute atomic E-state index is 10.5. The van der Waals surface area contributed by atoms with Gasteiger partial charge >= 0.3 is 5.69 Å². The minimum absolute atomic E-state index is 0.122. The number of nitro groups is 1. The third-order valence-corrected chi connectivity index (χ3v) is 1.34. The maximum Gasteiger partial charge on any atom is 0.372 e. The molecular formula is C7H8N4O3. The molecule has 7 heteroatoms. The molecular weight excluding hydrogens is 188 g/mol. The maximum atomic E-state index is 10.5. The third-order valence-electron chi connectivity index (χ3n) is 1.34. The summed E-state index contributed by atoms with van der Waals surface area (Å²) < 4.78 is 4.94. The summed E-state index contributed by atoms with van der Waals surface area (Å²) in [6.45, 7) is 3.53. The van der Waals surface area contributed by atoms with E-state index in [2.05, 4.69) is 16.5 Å². The Balaban J connectivity index is 3.07. The Morgan fingerprint density at radius 1 is 1.71 bits per heavy atom. The number of ether oxygens (including phenoxy) is 1. The van der Waals surface area contributed by atoms with E-state index >= 15 is 0 Å². The number of hydrogen-bond acceptors (Lipinski definition) is 6. The highest BCUT2D eigenvalue weighted by atomic mass is 16.6. The molecule has 74 valence electrons. The fourth-order valence-corrected chi connectivity index (χ4v) is 0.790. The minimum atomic E-state index is -0.687. The number of hydrogen-bond donors (Lipinski definition) is 1. The third kappa shape index (κ3) is 1.94. The van der Waals surface area contributed by atoms with E-state index in [4.69, 9.17) is 10.5 Å². The summed E-state index contributed by atoms with van der Waals surface area (Å²) in [4.78, 5) is 16.9. The van der Waals surface area contributed by atoms with Crippen LogP contribution in [0.3, 0.4) is 0 Å². The summed E-state index contributed by atoms with van der Waals surface area (Å²) in [5, 5.41) is 10.5. The quantitative estimate of drug-likeness (QED) is 0.428. The number of nitrogens with two attached hydrogens (primary N) is 1. The molecule has 0 amide bonds. The Morgan fingerprint density at radius 3 is 3.00 bits per heavy atom. The van der Waals surface area contributed by atoms with E-state index < -0.39 is 10.6 Å². The van der Waals surface area contributed by atoms with Crippen molar-refractivity contribution in [3.05, 3.63) is 29.1 Å². The average Bonchev–Trinajstić information content (AvgIpc) is 2.14. The second kappa shape index (κ2) is 4.17. The van der Waals surface area contributed by atoms with Crippen LogP contribution in [0.5, 0.6) is 5.88 Å². The normalized spacial score (nSPS) is 9.43. The molecule has 0 radical (unpaired) electrons. The summed E-state index contributed by atoms with van der Waals surface area (Å²) in [5.41, 5.74) is 4.87. The molecule has 1 aromatic heterocycles. The number of aromatic nitrogens is 2. The fraction of sp³-hybridized carbons (Fsp3) is 0.143. The van der Waals surface area contributed by atoms with E-state index in [-0.39, 0.29) is 18.3 Å². The van der Waals surface area contributed by atoms with Crippen LogP contribution in [0.15, 0.2) is 19.0 Å². The molecule has 2 N–H and O–H groups in total. The average molecular weight is 196 g/mol. The lowest BCUT2D eigenvalue weighted by Gasteiger charge is -2.02. The van der Waals surface area contributed by atoms with Crippen molar-refractivity contribution in [2.45, 2.75) is 0 Å². The van der Waals surface area contributed by atoms with Gasteiger partial charge < -0.3 is 10.5 Å². The first-order valence-corrected chi connectivity index (χ1v) is 3.65.